The number of carbonyl (C=O) groups excluding carboxylic acids is 2. The lowest BCUT2D eigenvalue weighted by Crippen LogP contribution is -2.43. The molecule has 1 aliphatic heterocycles. The second kappa shape index (κ2) is 9.93. The van der Waals surface area contributed by atoms with E-state index in [4.69, 9.17) is 9.47 Å². The summed E-state index contributed by atoms with van der Waals surface area (Å²) >= 11 is 0. The summed E-state index contributed by atoms with van der Waals surface area (Å²) in [6.07, 6.45) is 7.85. The maximum absolute atomic E-state index is 14.0. The Morgan fingerprint density at radius 3 is 2.41 bits per heavy atom. The van der Waals surface area contributed by atoms with Gasteiger partial charge in [0.25, 0.3) is 5.91 Å². The van der Waals surface area contributed by atoms with Gasteiger partial charge in [0.15, 0.2) is 11.6 Å². The van der Waals surface area contributed by atoms with Crippen LogP contribution in [-0.4, -0.2) is 22.4 Å². The van der Waals surface area contributed by atoms with E-state index in [1.165, 1.54) is 15.9 Å². The van der Waals surface area contributed by atoms with Crippen molar-refractivity contribution in [3.8, 4) is 17.2 Å². The summed E-state index contributed by atoms with van der Waals surface area (Å²) in [7, 11) is 0. The van der Waals surface area contributed by atoms with Crippen LogP contribution in [0.5, 0.6) is 17.2 Å². The highest BCUT2D eigenvalue weighted by Crippen LogP contribution is 2.35. The molecule has 0 aromatic heterocycles. The van der Waals surface area contributed by atoms with Gasteiger partial charge in [0.1, 0.15) is 22.8 Å². The minimum absolute atomic E-state index is 0.111. The number of ether oxygens (including phenoxy) is 2. The number of anilines is 1. The van der Waals surface area contributed by atoms with E-state index in [1.54, 1.807) is 74.5 Å². The monoisotopic (exact) mass is 498 g/mol. The first-order valence-electron chi connectivity index (χ1n) is 12.1. The Balaban J connectivity index is 1.36. The Hall–Kier alpha value is -4.39. The Labute approximate surface area is 215 Å². The average Bonchev–Trinajstić information content (AvgIpc) is 3.05. The highest BCUT2D eigenvalue weighted by Gasteiger charge is 2.51. The van der Waals surface area contributed by atoms with E-state index in [9.17, 15) is 14.0 Å². The molecule has 37 heavy (non-hydrogen) atoms. The predicted octanol–water partition coefficient (Wildman–Crippen LogP) is 6.98. The maximum Gasteiger partial charge on any atom is 0.332 e. The smallest absolute Gasteiger partial charge is 0.332 e. The number of para-hydroxylation sites is 1. The van der Waals surface area contributed by atoms with Crippen LogP contribution in [0, 0.1) is 5.82 Å². The molecule has 0 bridgehead atoms. The number of nitrogens with zero attached hydrogens (tertiary/aromatic N) is 2. The Morgan fingerprint density at radius 2 is 1.65 bits per heavy atom. The molecule has 2 aliphatic rings. The van der Waals surface area contributed by atoms with Gasteiger partial charge >= 0.3 is 6.03 Å². The van der Waals surface area contributed by atoms with Crippen molar-refractivity contribution in [3.63, 3.8) is 0 Å². The van der Waals surface area contributed by atoms with E-state index in [-0.39, 0.29) is 18.2 Å². The van der Waals surface area contributed by atoms with Crippen LogP contribution in [0.1, 0.15) is 32.3 Å². The molecule has 0 N–H and O–H groups in total. The fourth-order valence-electron chi connectivity index (χ4n) is 4.36. The van der Waals surface area contributed by atoms with E-state index in [1.807, 2.05) is 24.3 Å². The van der Waals surface area contributed by atoms with Gasteiger partial charge in [0.05, 0.1) is 5.69 Å². The van der Waals surface area contributed by atoms with Gasteiger partial charge in [-0.05, 0) is 80.8 Å². The first-order valence-corrected chi connectivity index (χ1v) is 12.1. The summed E-state index contributed by atoms with van der Waals surface area (Å²) in [5, 5.41) is 0. The van der Waals surface area contributed by atoms with Gasteiger partial charge in [-0.1, -0.05) is 36.4 Å². The molecule has 7 heteroatoms. The van der Waals surface area contributed by atoms with Crippen molar-refractivity contribution in [1.29, 1.82) is 0 Å². The largest absolute Gasteiger partial charge is 0.458 e. The highest BCUT2D eigenvalue weighted by molar-refractivity contribution is 6.23. The van der Waals surface area contributed by atoms with Crippen molar-refractivity contribution in [3.05, 3.63) is 108 Å². The number of carbonyl (C=O) groups is 2. The lowest BCUT2D eigenvalue weighted by atomic mass is 10.0. The molecule has 0 saturated carbocycles. The number of hydrogen-bond donors (Lipinski definition) is 0. The van der Waals surface area contributed by atoms with Crippen molar-refractivity contribution < 1.29 is 23.5 Å². The zero-order valence-corrected chi connectivity index (χ0v) is 20.7. The van der Waals surface area contributed by atoms with Crippen molar-refractivity contribution >= 4 is 17.6 Å². The van der Waals surface area contributed by atoms with Crippen LogP contribution in [0.25, 0.3) is 0 Å². The lowest BCUT2D eigenvalue weighted by molar-refractivity contribution is -0.123. The molecule has 5 rings (SSSR count). The van der Waals surface area contributed by atoms with Crippen LogP contribution in [0.2, 0.25) is 0 Å². The molecule has 0 radical (unpaired) electrons. The summed E-state index contributed by atoms with van der Waals surface area (Å²) in [6, 6.07) is 19.8. The van der Waals surface area contributed by atoms with Crippen molar-refractivity contribution in [2.24, 2.45) is 0 Å². The number of amides is 3. The fraction of sp³-hybridized carbons (Fsp3) is 0.200. The standard InChI is InChI=1S/C30H27FN2O4/c1-30(2)28(34)33(22-11-9-15-25(19-22)36-23-12-4-3-5-13-23)29(35)32(30)20-21-10-8-14-24(18-21)37-27-17-7-6-16-26(27)31/h4,6-19H,3,5,20H2,1-2H3. The number of rotatable bonds is 7. The zero-order chi connectivity index (χ0) is 26.0. The number of allylic oxidation sites excluding steroid dienone is 3. The van der Waals surface area contributed by atoms with Gasteiger partial charge in [0, 0.05) is 12.6 Å². The molecule has 188 valence electrons. The molecule has 3 aromatic rings. The Morgan fingerprint density at radius 1 is 0.892 bits per heavy atom. The number of halogens is 1. The summed E-state index contributed by atoms with van der Waals surface area (Å²) in [5.41, 5.74) is 0.114. The molecule has 0 spiro atoms. The lowest BCUT2D eigenvalue weighted by Gasteiger charge is -2.27. The van der Waals surface area contributed by atoms with Gasteiger partial charge < -0.3 is 14.4 Å². The highest BCUT2D eigenvalue weighted by atomic mass is 19.1. The van der Waals surface area contributed by atoms with Crippen LogP contribution in [0.15, 0.2) is 96.8 Å². The van der Waals surface area contributed by atoms with Gasteiger partial charge in [-0.15, -0.1) is 0 Å². The first-order chi connectivity index (χ1) is 17.8. The maximum atomic E-state index is 14.0. The molecular formula is C30H27FN2O4. The molecule has 1 fully saturated rings. The second-order valence-corrected chi connectivity index (χ2v) is 9.43. The SMILES string of the molecule is CC1(C)C(=O)N(c2cccc(OC3=CCCC=C3)c2)C(=O)N1Cc1cccc(Oc2ccccc2F)c1. The molecule has 6 nitrogen and oxygen atoms in total. The number of imide groups is 1. The van der Waals surface area contributed by atoms with E-state index >= 15 is 0 Å². The van der Waals surface area contributed by atoms with Gasteiger partial charge in [-0.3, -0.25) is 4.79 Å². The average molecular weight is 499 g/mol. The van der Waals surface area contributed by atoms with Crippen LogP contribution in [0.4, 0.5) is 14.9 Å². The van der Waals surface area contributed by atoms with E-state index in [0.29, 0.717) is 17.2 Å². The second-order valence-electron chi connectivity index (χ2n) is 9.43. The fourth-order valence-corrected chi connectivity index (χ4v) is 4.36. The number of benzene rings is 3. The summed E-state index contributed by atoms with van der Waals surface area (Å²) in [4.78, 5) is 29.7. The Bertz CT molecular complexity index is 1410. The van der Waals surface area contributed by atoms with Crippen LogP contribution in [-0.2, 0) is 11.3 Å². The Kier molecular flexibility index (Phi) is 6.53. The van der Waals surface area contributed by atoms with Crippen molar-refractivity contribution in [2.75, 3.05) is 4.90 Å². The first kappa shape index (κ1) is 24.3. The molecule has 3 aromatic carbocycles. The molecule has 1 heterocycles. The minimum atomic E-state index is -1.08. The number of urea groups is 1. The zero-order valence-electron chi connectivity index (χ0n) is 20.7. The molecule has 0 unspecified atom stereocenters. The van der Waals surface area contributed by atoms with E-state index in [2.05, 4.69) is 0 Å². The van der Waals surface area contributed by atoms with Gasteiger partial charge in [-0.2, -0.15) is 0 Å². The van der Waals surface area contributed by atoms with E-state index < -0.39 is 17.4 Å². The summed E-state index contributed by atoms with van der Waals surface area (Å²) < 4.78 is 25.7. The molecular weight excluding hydrogens is 471 g/mol. The normalized spacial score (nSPS) is 16.7. The van der Waals surface area contributed by atoms with Gasteiger partial charge in [-0.25, -0.2) is 14.1 Å². The summed E-state index contributed by atoms with van der Waals surface area (Å²) in [6.45, 7) is 3.63. The third-order valence-corrected chi connectivity index (χ3v) is 6.40. The van der Waals surface area contributed by atoms with Crippen LogP contribution >= 0.6 is 0 Å². The van der Waals surface area contributed by atoms with Crippen molar-refractivity contribution in [1.82, 2.24) is 4.90 Å². The predicted molar refractivity (Wildman–Crippen MR) is 139 cm³/mol. The van der Waals surface area contributed by atoms with Gasteiger partial charge in [0.2, 0.25) is 0 Å². The molecule has 1 saturated heterocycles. The molecule has 3 amide bonds. The third-order valence-electron chi connectivity index (χ3n) is 6.40. The van der Waals surface area contributed by atoms with Crippen LogP contribution < -0.4 is 14.4 Å². The molecule has 1 aliphatic carbocycles. The minimum Gasteiger partial charge on any atom is -0.458 e. The molecule has 0 atom stereocenters. The number of hydrogen-bond acceptors (Lipinski definition) is 4. The third kappa shape index (κ3) is 4.98. The quantitative estimate of drug-likeness (QED) is 0.330. The topological polar surface area (TPSA) is 59.1 Å². The van der Waals surface area contributed by atoms with Crippen LogP contribution in [0.3, 0.4) is 0 Å². The summed E-state index contributed by atoms with van der Waals surface area (Å²) in [5.74, 6) is 1.04. The van der Waals surface area contributed by atoms with Crippen molar-refractivity contribution in [2.45, 2.75) is 38.8 Å². The van der Waals surface area contributed by atoms with E-state index in [0.717, 1.165) is 24.2 Å².